The molecular formula is C6H10NO. The standard InChI is InChI=1S/C6H10NO/c1-2-6-3-5(1)4-7-8-6/h5,7H,1-4H2. The monoisotopic (exact) mass is 112 g/mol. The third-order valence-electron chi connectivity index (χ3n) is 1.94. The number of hydroxylamine groups is 1. The zero-order valence-electron chi connectivity index (χ0n) is 4.81. The molecule has 1 aliphatic carbocycles. The Morgan fingerprint density at radius 1 is 1.62 bits per heavy atom. The molecule has 0 aromatic rings. The van der Waals surface area contributed by atoms with Gasteiger partial charge in [-0.05, 0) is 25.2 Å². The van der Waals surface area contributed by atoms with Crippen LogP contribution in [0.3, 0.4) is 0 Å². The summed E-state index contributed by atoms with van der Waals surface area (Å²) in [6.07, 6.45) is 5.01. The Bertz CT molecular complexity index is 80.5. The maximum Gasteiger partial charge on any atom is 0.121 e. The highest BCUT2D eigenvalue weighted by molar-refractivity contribution is 4.92. The summed E-state index contributed by atoms with van der Waals surface area (Å²) in [6.45, 7) is 1.06. The Morgan fingerprint density at radius 2 is 2.62 bits per heavy atom. The van der Waals surface area contributed by atoms with E-state index in [1.807, 2.05) is 0 Å². The lowest BCUT2D eigenvalue weighted by Crippen LogP contribution is -2.27. The summed E-state index contributed by atoms with van der Waals surface area (Å²) in [4.78, 5) is 5.14. The molecule has 1 unspecified atom stereocenters. The molecule has 2 fully saturated rings. The SMILES string of the molecule is C1CC2CNO[C]1C2. The van der Waals surface area contributed by atoms with Gasteiger partial charge in [0.1, 0.15) is 6.10 Å². The van der Waals surface area contributed by atoms with Crippen molar-refractivity contribution < 1.29 is 4.84 Å². The van der Waals surface area contributed by atoms with Crippen molar-refractivity contribution in [3.05, 3.63) is 6.10 Å². The fraction of sp³-hybridized carbons (Fsp3) is 0.833. The average molecular weight is 112 g/mol. The van der Waals surface area contributed by atoms with Crippen LogP contribution in [0.2, 0.25) is 0 Å². The van der Waals surface area contributed by atoms with Crippen LogP contribution in [0, 0.1) is 12.0 Å². The highest BCUT2D eigenvalue weighted by atomic mass is 16.7. The summed E-state index contributed by atoms with van der Waals surface area (Å²) in [6, 6.07) is 0. The van der Waals surface area contributed by atoms with Gasteiger partial charge in [0.15, 0.2) is 0 Å². The molecule has 2 bridgehead atoms. The highest BCUT2D eigenvalue weighted by Crippen LogP contribution is 2.34. The summed E-state index contributed by atoms with van der Waals surface area (Å²) in [5.74, 6) is 0.888. The van der Waals surface area contributed by atoms with Crippen LogP contribution in [0.4, 0.5) is 0 Å². The summed E-state index contributed by atoms with van der Waals surface area (Å²) < 4.78 is 0. The maximum absolute atomic E-state index is 5.14. The van der Waals surface area contributed by atoms with Crippen molar-refractivity contribution in [1.82, 2.24) is 5.48 Å². The minimum Gasteiger partial charge on any atom is -0.292 e. The molecule has 0 amide bonds. The third-order valence-corrected chi connectivity index (χ3v) is 1.94. The molecule has 2 heteroatoms. The molecule has 0 spiro atoms. The van der Waals surface area contributed by atoms with Crippen molar-refractivity contribution in [3.63, 3.8) is 0 Å². The molecular weight excluding hydrogens is 102 g/mol. The summed E-state index contributed by atoms with van der Waals surface area (Å²) in [5.41, 5.74) is 2.91. The first-order valence-corrected chi connectivity index (χ1v) is 3.19. The Kier molecular flexibility index (Phi) is 1.02. The van der Waals surface area contributed by atoms with E-state index in [0.717, 1.165) is 12.5 Å². The molecule has 2 nitrogen and oxygen atoms in total. The van der Waals surface area contributed by atoms with E-state index in [0.29, 0.717) is 0 Å². The first kappa shape index (κ1) is 4.77. The molecule has 1 saturated carbocycles. The van der Waals surface area contributed by atoms with Crippen molar-refractivity contribution in [2.45, 2.75) is 19.3 Å². The third kappa shape index (κ3) is 0.644. The van der Waals surface area contributed by atoms with E-state index >= 15 is 0 Å². The van der Waals surface area contributed by atoms with Gasteiger partial charge >= 0.3 is 0 Å². The summed E-state index contributed by atoms with van der Waals surface area (Å²) in [5, 5.41) is 0. The second-order valence-electron chi connectivity index (χ2n) is 2.60. The number of rotatable bonds is 0. The minimum absolute atomic E-state index is 0.888. The van der Waals surface area contributed by atoms with Crippen LogP contribution in [0.25, 0.3) is 0 Å². The molecule has 2 rings (SSSR count). The molecule has 1 radical (unpaired) electrons. The molecule has 2 aliphatic rings. The van der Waals surface area contributed by atoms with Gasteiger partial charge in [-0.2, -0.15) is 0 Å². The van der Waals surface area contributed by atoms with Gasteiger partial charge in [-0.1, -0.05) is 0 Å². The van der Waals surface area contributed by atoms with Gasteiger partial charge in [-0.25, -0.2) is 5.48 Å². The van der Waals surface area contributed by atoms with Gasteiger partial charge in [-0.15, -0.1) is 0 Å². The average Bonchev–Trinajstić information content (AvgIpc) is 2.12. The zero-order chi connectivity index (χ0) is 5.40. The summed E-state index contributed by atoms with van der Waals surface area (Å²) in [7, 11) is 0. The molecule has 0 aromatic heterocycles. The van der Waals surface area contributed by atoms with E-state index in [-0.39, 0.29) is 0 Å². The normalized spacial score (nSPS) is 38.2. The van der Waals surface area contributed by atoms with Gasteiger partial charge in [0, 0.05) is 6.54 Å². The van der Waals surface area contributed by atoms with E-state index in [9.17, 15) is 0 Å². The first-order valence-electron chi connectivity index (χ1n) is 3.19. The lowest BCUT2D eigenvalue weighted by atomic mass is 10.1. The topological polar surface area (TPSA) is 21.3 Å². The zero-order valence-corrected chi connectivity index (χ0v) is 4.81. The molecule has 45 valence electrons. The van der Waals surface area contributed by atoms with Crippen LogP contribution in [-0.4, -0.2) is 6.54 Å². The Labute approximate surface area is 49.2 Å². The van der Waals surface area contributed by atoms with Crippen LogP contribution >= 0.6 is 0 Å². The van der Waals surface area contributed by atoms with Gasteiger partial charge in [-0.3, -0.25) is 4.84 Å². The van der Waals surface area contributed by atoms with Gasteiger partial charge < -0.3 is 0 Å². The fourth-order valence-electron chi connectivity index (χ4n) is 1.42. The number of fused-ring (bicyclic) bond motifs is 2. The molecule has 1 saturated heterocycles. The van der Waals surface area contributed by atoms with Crippen molar-refractivity contribution in [2.75, 3.05) is 6.54 Å². The predicted molar refractivity (Wildman–Crippen MR) is 29.7 cm³/mol. The van der Waals surface area contributed by atoms with Crippen LogP contribution in [0.1, 0.15) is 19.3 Å². The molecule has 1 aliphatic heterocycles. The van der Waals surface area contributed by atoms with Crippen LogP contribution in [0.5, 0.6) is 0 Å². The number of nitrogens with one attached hydrogen (secondary N) is 1. The van der Waals surface area contributed by atoms with Gasteiger partial charge in [0.25, 0.3) is 0 Å². The van der Waals surface area contributed by atoms with E-state index in [1.165, 1.54) is 25.4 Å². The van der Waals surface area contributed by atoms with Gasteiger partial charge in [0.2, 0.25) is 0 Å². The molecule has 0 aromatic carbocycles. The van der Waals surface area contributed by atoms with Crippen molar-refractivity contribution in [3.8, 4) is 0 Å². The molecule has 1 N–H and O–H groups in total. The lowest BCUT2D eigenvalue weighted by molar-refractivity contribution is 0.0194. The Morgan fingerprint density at radius 3 is 3.38 bits per heavy atom. The van der Waals surface area contributed by atoms with E-state index in [2.05, 4.69) is 5.48 Å². The molecule has 8 heavy (non-hydrogen) atoms. The highest BCUT2D eigenvalue weighted by Gasteiger charge is 2.30. The minimum atomic E-state index is 0.888. The van der Waals surface area contributed by atoms with Crippen molar-refractivity contribution in [2.24, 2.45) is 5.92 Å². The first-order chi connectivity index (χ1) is 3.95. The van der Waals surface area contributed by atoms with E-state index in [1.54, 1.807) is 0 Å². The van der Waals surface area contributed by atoms with Crippen LogP contribution in [0.15, 0.2) is 0 Å². The number of hydrogen-bond donors (Lipinski definition) is 1. The van der Waals surface area contributed by atoms with Crippen LogP contribution < -0.4 is 5.48 Å². The van der Waals surface area contributed by atoms with Crippen LogP contribution in [-0.2, 0) is 4.84 Å². The predicted octanol–water partition coefficient (Wildman–Crippen LogP) is 0.853. The largest absolute Gasteiger partial charge is 0.292 e. The lowest BCUT2D eigenvalue weighted by Gasteiger charge is -2.18. The van der Waals surface area contributed by atoms with Gasteiger partial charge in [0.05, 0.1) is 0 Å². The number of hydrogen-bond acceptors (Lipinski definition) is 2. The van der Waals surface area contributed by atoms with Crippen molar-refractivity contribution >= 4 is 0 Å². The summed E-state index contributed by atoms with van der Waals surface area (Å²) >= 11 is 0. The molecule has 1 atom stereocenters. The maximum atomic E-state index is 5.14. The Balaban J connectivity index is 2.03. The smallest absolute Gasteiger partial charge is 0.121 e. The van der Waals surface area contributed by atoms with Crippen molar-refractivity contribution in [1.29, 1.82) is 0 Å². The second-order valence-corrected chi connectivity index (χ2v) is 2.60. The molecule has 1 heterocycles. The second kappa shape index (κ2) is 1.71. The quantitative estimate of drug-likeness (QED) is 0.501. The fourth-order valence-corrected chi connectivity index (χ4v) is 1.42. The van der Waals surface area contributed by atoms with E-state index in [4.69, 9.17) is 4.84 Å². The van der Waals surface area contributed by atoms with E-state index < -0.39 is 0 Å². The Hall–Kier alpha value is -0.0800.